The van der Waals surface area contributed by atoms with Gasteiger partial charge in [-0.15, -0.1) is 0 Å². The van der Waals surface area contributed by atoms with Gasteiger partial charge in [-0.2, -0.15) is 0 Å². The summed E-state index contributed by atoms with van der Waals surface area (Å²) in [5.74, 6) is -1.64. The van der Waals surface area contributed by atoms with Gasteiger partial charge in [0.15, 0.2) is 11.5 Å². The van der Waals surface area contributed by atoms with Crippen LogP contribution >= 0.6 is 15.9 Å². The molecule has 0 bridgehead atoms. The highest BCUT2D eigenvalue weighted by Crippen LogP contribution is 2.33. The monoisotopic (exact) mass is 386 g/mol. The summed E-state index contributed by atoms with van der Waals surface area (Å²) in [5, 5.41) is 0. The maximum atomic E-state index is 13.5. The molecule has 122 valence electrons. The van der Waals surface area contributed by atoms with Crippen molar-refractivity contribution in [2.45, 2.75) is 6.61 Å². The highest BCUT2D eigenvalue weighted by molar-refractivity contribution is 9.10. The summed E-state index contributed by atoms with van der Waals surface area (Å²) in [6.45, 7) is -0.114. The number of benzene rings is 2. The summed E-state index contributed by atoms with van der Waals surface area (Å²) in [4.78, 5) is 11.9. The zero-order chi connectivity index (χ0) is 17.0. The van der Waals surface area contributed by atoms with E-state index in [1.54, 1.807) is 12.1 Å². The van der Waals surface area contributed by atoms with E-state index in [1.165, 1.54) is 14.2 Å². The molecule has 0 amide bonds. The Balaban J connectivity index is 2.15. The average Bonchev–Trinajstić information content (AvgIpc) is 2.53. The van der Waals surface area contributed by atoms with Crippen LogP contribution in [0.3, 0.4) is 0 Å². The van der Waals surface area contributed by atoms with Gasteiger partial charge < -0.3 is 14.2 Å². The second kappa shape index (κ2) is 7.41. The largest absolute Gasteiger partial charge is 0.493 e. The highest BCUT2D eigenvalue weighted by Gasteiger charge is 2.16. The first-order valence-electron chi connectivity index (χ1n) is 6.48. The van der Waals surface area contributed by atoms with E-state index in [9.17, 15) is 13.6 Å². The van der Waals surface area contributed by atoms with Crippen LogP contribution in [0.4, 0.5) is 8.78 Å². The lowest BCUT2D eigenvalue weighted by molar-refractivity contribution is 0.0466. The van der Waals surface area contributed by atoms with Crippen LogP contribution in [0.15, 0.2) is 34.8 Å². The maximum absolute atomic E-state index is 13.5. The van der Waals surface area contributed by atoms with Crippen LogP contribution in [0.1, 0.15) is 15.9 Å². The van der Waals surface area contributed by atoms with Crippen molar-refractivity contribution in [1.29, 1.82) is 0 Å². The summed E-state index contributed by atoms with van der Waals surface area (Å²) >= 11 is 3.33. The van der Waals surface area contributed by atoms with E-state index in [-0.39, 0.29) is 12.2 Å². The molecule has 0 saturated carbocycles. The molecule has 23 heavy (non-hydrogen) atoms. The number of esters is 1. The number of ether oxygens (including phenoxy) is 3. The standard InChI is InChI=1S/C16H13BrF2O4/c1-21-14-5-9(12(17)7-15(14)22-2)8-23-16(20)11-4-3-10(18)6-13(11)19/h3-7H,8H2,1-2H3. The minimum atomic E-state index is -0.971. The van der Waals surface area contributed by atoms with Crippen LogP contribution in [0.2, 0.25) is 0 Å². The van der Waals surface area contributed by atoms with Crippen LogP contribution in [-0.4, -0.2) is 20.2 Å². The molecule has 2 rings (SSSR count). The molecule has 2 aromatic rings. The fourth-order valence-electron chi connectivity index (χ4n) is 1.88. The van der Waals surface area contributed by atoms with Crippen LogP contribution in [0, 0.1) is 11.6 Å². The first kappa shape index (κ1) is 17.2. The summed E-state index contributed by atoms with van der Waals surface area (Å²) in [6.07, 6.45) is 0. The fourth-order valence-corrected chi connectivity index (χ4v) is 2.32. The number of carbonyl (C=O) groups excluding carboxylic acids is 1. The smallest absolute Gasteiger partial charge is 0.341 e. The molecule has 0 saturated heterocycles. The fraction of sp³-hybridized carbons (Fsp3) is 0.188. The molecule has 0 atom stereocenters. The summed E-state index contributed by atoms with van der Waals surface area (Å²) in [7, 11) is 2.98. The van der Waals surface area contributed by atoms with Crippen molar-refractivity contribution in [1.82, 2.24) is 0 Å². The van der Waals surface area contributed by atoms with Crippen molar-refractivity contribution >= 4 is 21.9 Å². The zero-order valence-electron chi connectivity index (χ0n) is 12.4. The Hall–Kier alpha value is -2.15. The Labute approximate surface area is 140 Å². The van der Waals surface area contributed by atoms with Crippen molar-refractivity contribution in [3.63, 3.8) is 0 Å². The number of methoxy groups -OCH3 is 2. The molecule has 0 spiro atoms. The molecule has 0 radical (unpaired) electrons. The Morgan fingerprint density at radius 2 is 1.74 bits per heavy atom. The lowest BCUT2D eigenvalue weighted by Gasteiger charge is -2.12. The Morgan fingerprint density at radius 3 is 2.35 bits per heavy atom. The van der Waals surface area contributed by atoms with Crippen LogP contribution in [0.25, 0.3) is 0 Å². The molecule has 2 aromatic carbocycles. The number of rotatable bonds is 5. The molecule has 0 aliphatic carbocycles. The first-order chi connectivity index (χ1) is 11.0. The van der Waals surface area contributed by atoms with Gasteiger partial charge in [0, 0.05) is 16.1 Å². The van der Waals surface area contributed by atoms with Crippen LogP contribution in [0.5, 0.6) is 11.5 Å². The zero-order valence-corrected chi connectivity index (χ0v) is 13.9. The van der Waals surface area contributed by atoms with Gasteiger partial charge in [0.05, 0.1) is 19.8 Å². The van der Waals surface area contributed by atoms with E-state index in [2.05, 4.69) is 15.9 Å². The maximum Gasteiger partial charge on any atom is 0.341 e. The quantitative estimate of drug-likeness (QED) is 0.725. The predicted octanol–water partition coefficient (Wildman–Crippen LogP) is 4.10. The lowest BCUT2D eigenvalue weighted by atomic mass is 10.2. The van der Waals surface area contributed by atoms with Gasteiger partial charge in [-0.1, -0.05) is 15.9 Å². The van der Waals surface area contributed by atoms with Crippen molar-refractivity contribution in [3.8, 4) is 11.5 Å². The number of carbonyl (C=O) groups is 1. The third-order valence-electron chi connectivity index (χ3n) is 3.06. The minimum absolute atomic E-state index is 0.114. The SMILES string of the molecule is COc1cc(Br)c(COC(=O)c2ccc(F)cc2F)cc1OC. The molecular weight excluding hydrogens is 374 g/mol. The van der Waals surface area contributed by atoms with Gasteiger partial charge in [-0.25, -0.2) is 13.6 Å². The normalized spacial score (nSPS) is 10.3. The molecule has 0 aliphatic heterocycles. The second-order valence-electron chi connectivity index (χ2n) is 4.50. The minimum Gasteiger partial charge on any atom is -0.493 e. The average molecular weight is 387 g/mol. The van der Waals surface area contributed by atoms with Crippen molar-refractivity contribution in [3.05, 3.63) is 57.6 Å². The number of halogens is 3. The van der Waals surface area contributed by atoms with Gasteiger partial charge in [-0.05, 0) is 24.3 Å². The topological polar surface area (TPSA) is 44.8 Å². The Kier molecular flexibility index (Phi) is 5.54. The molecule has 0 heterocycles. The predicted molar refractivity (Wildman–Crippen MR) is 82.7 cm³/mol. The van der Waals surface area contributed by atoms with Gasteiger partial charge >= 0.3 is 5.97 Å². The molecule has 0 unspecified atom stereocenters. The highest BCUT2D eigenvalue weighted by atomic mass is 79.9. The second-order valence-corrected chi connectivity index (χ2v) is 5.35. The summed E-state index contributed by atoms with van der Waals surface area (Å²) < 4.78 is 42.4. The van der Waals surface area contributed by atoms with E-state index in [0.717, 1.165) is 12.1 Å². The Bertz CT molecular complexity index is 734. The van der Waals surface area contributed by atoms with E-state index in [4.69, 9.17) is 14.2 Å². The number of hydrogen-bond donors (Lipinski definition) is 0. The lowest BCUT2D eigenvalue weighted by Crippen LogP contribution is -2.08. The molecular formula is C16H13BrF2O4. The van der Waals surface area contributed by atoms with Crippen molar-refractivity contribution < 1.29 is 27.8 Å². The number of hydrogen-bond acceptors (Lipinski definition) is 4. The molecule has 0 aliphatic rings. The molecule has 0 fully saturated rings. The molecule has 0 aromatic heterocycles. The van der Waals surface area contributed by atoms with E-state index in [1.807, 2.05) is 0 Å². The van der Waals surface area contributed by atoms with E-state index in [0.29, 0.717) is 27.6 Å². The Morgan fingerprint density at radius 1 is 1.09 bits per heavy atom. The third kappa shape index (κ3) is 3.98. The van der Waals surface area contributed by atoms with Crippen LogP contribution < -0.4 is 9.47 Å². The van der Waals surface area contributed by atoms with Gasteiger partial charge in [0.1, 0.15) is 18.2 Å². The van der Waals surface area contributed by atoms with Crippen molar-refractivity contribution in [2.24, 2.45) is 0 Å². The summed E-state index contributed by atoms with van der Waals surface area (Å²) in [5.41, 5.74) is 0.279. The first-order valence-corrected chi connectivity index (χ1v) is 7.28. The van der Waals surface area contributed by atoms with Crippen molar-refractivity contribution in [2.75, 3.05) is 14.2 Å². The third-order valence-corrected chi connectivity index (χ3v) is 3.80. The van der Waals surface area contributed by atoms with E-state index >= 15 is 0 Å². The molecule has 7 heteroatoms. The van der Waals surface area contributed by atoms with Gasteiger partial charge in [-0.3, -0.25) is 0 Å². The van der Waals surface area contributed by atoms with Gasteiger partial charge in [0.2, 0.25) is 0 Å². The molecule has 0 N–H and O–H groups in total. The van der Waals surface area contributed by atoms with E-state index < -0.39 is 17.6 Å². The summed E-state index contributed by atoms with van der Waals surface area (Å²) in [6, 6.07) is 5.96. The van der Waals surface area contributed by atoms with Gasteiger partial charge in [0.25, 0.3) is 0 Å². The molecule has 4 nitrogen and oxygen atoms in total. The van der Waals surface area contributed by atoms with Crippen LogP contribution in [-0.2, 0) is 11.3 Å².